The zero-order chi connectivity index (χ0) is 13.0. The Balaban J connectivity index is 2.16. The molecule has 0 aliphatic heterocycles. The van der Waals surface area contributed by atoms with Crippen molar-refractivity contribution in [1.29, 1.82) is 0 Å². The summed E-state index contributed by atoms with van der Waals surface area (Å²) in [4.78, 5) is 16.4. The van der Waals surface area contributed by atoms with Gasteiger partial charge in [-0.05, 0) is 25.0 Å². The Morgan fingerprint density at radius 2 is 2.22 bits per heavy atom. The predicted octanol–water partition coefficient (Wildman–Crippen LogP) is 2.61. The Hall–Kier alpha value is -1.81. The van der Waals surface area contributed by atoms with Gasteiger partial charge in [-0.15, -0.1) is 0 Å². The van der Waals surface area contributed by atoms with Gasteiger partial charge in [0.1, 0.15) is 5.58 Å². The van der Waals surface area contributed by atoms with Crippen LogP contribution >= 0.6 is 0 Å². The van der Waals surface area contributed by atoms with Crippen molar-refractivity contribution < 1.29 is 14.0 Å². The lowest BCUT2D eigenvalue weighted by Crippen LogP contribution is -2.25. The van der Waals surface area contributed by atoms with Gasteiger partial charge in [0.05, 0.1) is 19.3 Å². The fourth-order valence-electron chi connectivity index (χ4n) is 1.85. The molecule has 2 aromatic rings. The molecule has 1 N–H and O–H groups in total. The van der Waals surface area contributed by atoms with Gasteiger partial charge < -0.3 is 4.42 Å². The third kappa shape index (κ3) is 2.71. The molecular weight excluding hydrogens is 230 g/mol. The molecule has 4 heteroatoms. The number of amides is 1. The Kier molecular flexibility index (Phi) is 3.99. The molecule has 2 rings (SSSR count). The Morgan fingerprint density at radius 3 is 2.94 bits per heavy atom. The number of carbonyl (C=O) groups is 1. The van der Waals surface area contributed by atoms with Crippen LogP contribution < -0.4 is 5.48 Å². The number of hydroxylamine groups is 1. The summed E-state index contributed by atoms with van der Waals surface area (Å²) in [6.07, 6.45) is 2.87. The van der Waals surface area contributed by atoms with Crippen molar-refractivity contribution in [1.82, 2.24) is 5.48 Å². The Morgan fingerprint density at radius 1 is 1.39 bits per heavy atom. The second kappa shape index (κ2) is 5.69. The van der Waals surface area contributed by atoms with Crippen LogP contribution in [0.3, 0.4) is 0 Å². The van der Waals surface area contributed by atoms with E-state index >= 15 is 0 Å². The molecule has 1 amide bonds. The maximum absolute atomic E-state index is 11.6. The lowest BCUT2D eigenvalue weighted by atomic mass is 10.1. The number of fused-ring (bicyclic) bond motifs is 1. The van der Waals surface area contributed by atoms with Gasteiger partial charge in [-0.1, -0.05) is 19.1 Å². The lowest BCUT2D eigenvalue weighted by Gasteiger charge is -2.02. The molecule has 1 heterocycles. The molecule has 96 valence electrons. The largest absolute Gasteiger partial charge is 0.464 e. The van der Waals surface area contributed by atoms with Crippen LogP contribution in [0, 0.1) is 0 Å². The van der Waals surface area contributed by atoms with Crippen LogP contribution in [0.2, 0.25) is 0 Å². The van der Waals surface area contributed by atoms with Gasteiger partial charge in [0.2, 0.25) is 5.91 Å². The van der Waals surface area contributed by atoms with E-state index in [1.165, 1.54) is 5.56 Å². The molecule has 0 unspecified atom stereocenters. The summed E-state index contributed by atoms with van der Waals surface area (Å²) in [5.74, 6) is -0.167. The molecule has 4 nitrogen and oxygen atoms in total. The number of furan rings is 1. The van der Waals surface area contributed by atoms with Crippen molar-refractivity contribution in [3.63, 3.8) is 0 Å². The summed E-state index contributed by atoms with van der Waals surface area (Å²) in [5, 5.41) is 0.985. The maximum Gasteiger partial charge on any atom is 0.248 e. The first-order valence-electron chi connectivity index (χ1n) is 6.14. The molecule has 0 fully saturated rings. The van der Waals surface area contributed by atoms with Crippen LogP contribution in [0.25, 0.3) is 11.0 Å². The highest BCUT2D eigenvalue weighted by Gasteiger charge is 2.10. The van der Waals surface area contributed by atoms with Crippen molar-refractivity contribution in [2.75, 3.05) is 6.61 Å². The predicted molar refractivity (Wildman–Crippen MR) is 69.1 cm³/mol. The zero-order valence-electron chi connectivity index (χ0n) is 10.7. The average Bonchev–Trinajstić information content (AvgIpc) is 2.78. The van der Waals surface area contributed by atoms with Crippen molar-refractivity contribution in [2.24, 2.45) is 0 Å². The van der Waals surface area contributed by atoms with E-state index in [9.17, 15) is 4.79 Å². The number of nitrogens with one attached hydrogen (secondary N) is 1. The molecular formula is C14H17NO3. The molecule has 0 atom stereocenters. The van der Waals surface area contributed by atoms with E-state index < -0.39 is 0 Å². The SMILES string of the molecule is CCONC(=O)Cc1coc2cc(CC)ccc12. The molecule has 18 heavy (non-hydrogen) atoms. The minimum Gasteiger partial charge on any atom is -0.464 e. The van der Waals surface area contributed by atoms with Crippen LogP contribution in [0.4, 0.5) is 0 Å². The molecule has 0 aliphatic rings. The number of rotatable bonds is 5. The van der Waals surface area contributed by atoms with E-state index in [2.05, 4.69) is 18.5 Å². The Labute approximate surface area is 106 Å². The quantitative estimate of drug-likeness (QED) is 0.826. The maximum atomic E-state index is 11.6. The van der Waals surface area contributed by atoms with E-state index in [0.29, 0.717) is 6.61 Å². The first-order chi connectivity index (χ1) is 8.74. The summed E-state index contributed by atoms with van der Waals surface area (Å²) < 4.78 is 5.48. The molecule has 0 saturated carbocycles. The molecule has 1 aromatic carbocycles. The Bertz CT molecular complexity index is 545. The topological polar surface area (TPSA) is 51.5 Å². The van der Waals surface area contributed by atoms with E-state index in [1.807, 2.05) is 19.1 Å². The molecule has 1 aromatic heterocycles. The van der Waals surface area contributed by atoms with Crippen LogP contribution in [0.1, 0.15) is 25.0 Å². The fraction of sp³-hybridized carbons (Fsp3) is 0.357. The monoisotopic (exact) mass is 247 g/mol. The van der Waals surface area contributed by atoms with Gasteiger partial charge in [0, 0.05) is 10.9 Å². The fourth-order valence-corrected chi connectivity index (χ4v) is 1.85. The van der Waals surface area contributed by atoms with E-state index in [1.54, 1.807) is 6.26 Å². The van der Waals surface area contributed by atoms with Gasteiger partial charge in [-0.2, -0.15) is 0 Å². The minimum atomic E-state index is -0.167. The van der Waals surface area contributed by atoms with Crippen LogP contribution in [-0.4, -0.2) is 12.5 Å². The normalized spacial score (nSPS) is 10.8. The van der Waals surface area contributed by atoms with E-state index in [-0.39, 0.29) is 12.3 Å². The van der Waals surface area contributed by atoms with Crippen molar-refractivity contribution in [3.05, 3.63) is 35.6 Å². The third-order valence-corrected chi connectivity index (χ3v) is 2.81. The van der Waals surface area contributed by atoms with Crippen molar-refractivity contribution in [2.45, 2.75) is 26.7 Å². The second-order valence-electron chi connectivity index (χ2n) is 4.08. The summed E-state index contributed by atoms with van der Waals surface area (Å²) in [5.41, 5.74) is 5.31. The lowest BCUT2D eigenvalue weighted by molar-refractivity contribution is -0.132. The van der Waals surface area contributed by atoms with Gasteiger partial charge in [-0.25, -0.2) is 5.48 Å². The highest BCUT2D eigenvalue weighted by molar-refractivity contribution is 5.87. The van der Waals surface area contributed by atoms with Crippen LogP contribution in [0.5, 0.6) is 0 Å². The number of hydrogen-bond donors (Lipinski definition) is 1. The van der Waals surface area contributed by atoms with Gasteiger partial charge >= 0.3 is 0 Å². The van der Waals surface area contributed by atoms with Crippen LogP contribution in [0.15, 0.2) is 28.9 Å². The minimum absolute atomic E-state index is 0.167. The number of aryl methyl sites for hydroxylation is 1. The molecule has 0 radical (unpaired) electrons. The highest BCUT2D eigenvalue weighted by atomic mass is 16.6. The van der Waals surface area contributed by atoms with Gasteiger partial charge in [-0.3, -0.25) is 9.63 Å². The number of hydrogen-bond acceptors (Lipinski definition) is 3. The highest BCUT2D eigenvalue weighted by Crippen LogP contribution is 2.23. The zero-order valence-corrected chi connectivity index (χ0v) is 10.7. The standard InChI is InChI=1S/C14H17NO3/c1-3-10-5-6-12-11(9-17-13(12)7-10)8-14(16)15-18-4-2/h5-7,9H,3-4,8H2,1-2H3,(H,15,16). The van der Waals surface area contributed by atoms with Crippen LogP contribution in [-0.2, 0) is 22.5 Å². The summed E-state index contributed by atoms with van der Waals surface area (Å²) >= 11 is 0. The van der Waals surface area contributed by atoms with Crippen molar-refractivity contribution >= 4 is 16.9 Å². The second-order valence-corrected chi connectivity index (χ2v) is 4.08. The summed E-state index contributed by atoms with van der Waals surface area (Å²) in [7, 11) is 0. The van der Waals surface area contributed by atoms with Gasteiger partial charge in [0.15, 0.2) is 0 Å². The average molecular weight is 247 g/mol. The van der Waals surface area contributed by atoms with E-state index in [0.717, 1.165) is 23.0 Å². The molecule has 0 spiro atoms. The first kappa shape index (κ1) is 12.6. The van der Waals surface area contributed by atoms with Gasteiger partial charge in [0.25, 0.3) is 0 Å². The molecule has 0 aliphatic carbocycles. The molecule has 0 bridgehead atoms. The first-order valence-corrected chi connectivity index (χ1v) is 6.14. The number of benzene rings is 1. The number of carbonyl (C=O) groups excluding carboxylic acids is 1. The smallest absolute Gasteiger partial charge is 0.248 e. The van der Waals surface area contributed by atoms with E-state index in [4.69, 9.17) is 9.25 Å². The summed E-state index contributed by atoms with van der Waals surface area (Å²) in [6, 6.07) is 6.07. The van der Waals surface area contributed by atoms with Crippen molar-refractivity contribution in [3.8, 4) is 0 Å². The third-order valence-electron chi connectivity index (χ3n) is 2.81. The molecule has 0 saturated heterocycles. The summed E-state index contributed by atoms with van der Waals surface area (Å²) in [6.45, 7) is 4.37.